The van der Waals surface area contributed by atoms with Gasteiger partial charge >= 0.3 is 11.8 Å². The summed E-state index contributed by atoms with van der Waals surface area (Å²) >= 11 is 0. The number of alkyl carbamates (subject to hydrolysis) is 1. The van der Waals surface area contributed by atoms with Gasteiger partial charge in [-0.15, -0.1) is 0 Å². The van der Waals surface area contributed by atoms with Crippen LogP contribution >= 0.6 is 0 Å². The van der Waals surface area contributed by atoms with Crippen molar-refractivity contribution >= 4 is 11.8 Å². The quantitative estimate of drug-likeness (QED) is 0.451. The molecule has 2 rings (SSSR count). The molecule has 0 aliphatic rings. The molecule has 0 heterocycles. The second-order valence-electron chi connectivity index (χ2n) is 8.68. The number of nitro benzene ring substituents is 1. The summed E-state index contributed by atoms with van der Waals surface area (Å²) in [6.07, 6.45) is 0.149. The molecule has 0 saturated carbocycles. The number of nitrogens with one attached hydrogen (secondary N) is 1. The Kier molecular flexibility index (Phi) is 7.99. The smallest absolute Gasteiger partial charge is 0.408 e. The number of carbonyl (C=O) groups is 1. The van der Waals surface area contributed by atoms with Crippen LogP contribution in [-0.4, -0.2) is 33.9 Å². The van der Waals surface area contributed by atoms with Crippen LogP contribution < -0.4 is 10.1 Å². The van der Waals surface area contributed by atoms with Crippen molar-refractivity contribution in [3.8, 4) is 5.75 Å². The molecule has 0 fully saturated rings. The van der Waals surface area contributed by atoms with Gasteiger partial charge in [0.2, 0.25) is 0 Å². The third-order valence-electron chi connectivity index (χ3n) is 4.57. The molecular formula is C23H30N2O6. The zero-order valence-electron chi connectivity index (χ0n) is 18.4. The number of hydrogen-bond donors (Lipinski definition) is 2. The molecule has 0 aliphatic heterocycles. The third kappa shape index (κ3) is 7.90. The van der Waals surface area contributed by atoms with Crippen LogP contribution in [0, 0.1) is 10.1 Å². The molecular weight excluding hydrogens is 400 g/mol. The van der Waals surface area contributed by atoms with E-state index in [9.17, 15) is 20.0 Å². The topological polar surface area (TPSA) is 111 Å². The van der Waals surface area contributed by atoms with Crippen LogP contribution in [0.1, 0.15) is 45.2 Å². The number of carbonyl (C=O) groups excluding carboxylic acids is 1. The van der Waals surface area contributed by atoms with E-state index < -0.39 is 22.2 Å². The molecule has 2 aromatic rings. The molecule has 0 bridgehead atoms. The van der Waals surface area contributed by atoms with Crippen LogP contribution in [0.25, 0.3) is 0 Å². The first-order valence-electron chi connectivity index (χ1n) is 10.1. The number of ether oxygens (including phenoxy) is 2. The van der Waals surface area contributed by atoms with Gasteiger partial charge in [-0.05, 0) is 57.7 Å². The lowest BCUT2D eigenvalue weighted by Gasteiger charge is -2.30. The highest BCUT2D eigenvalue weighted by atomic mass is 16.6. The molecule has 1 unspecified atom stereocenters. The van der Waals surface area contributed by atoms with Gasteiger partial charge in [0.25, 0.3) is 0 Å². The molecule has 2 N–H and O–H groups in total. The molecule has 1 amide bonds. The van der Waals surface area contributed by atoms with Crippen LogP contribution in [0.2, 0.25) is 0 Å². The van der Waals surface area contributed by atoms with Gasteiger partial charge in [0.05, 0.1) is 17.1 Å². The van der Waals surface area contributed by atoms with Gasteiger partial charge in [-0.25, -0.2) is 4.79 Å². The van der Waals surface area contributed by atoms with Crippen molar-refractivity contribution in [3.05, 3.63) is 69.8 Å². The molecule has 168 valence electrons. The van der Waals surface area contributed by atoms with Crippen LogP contribution in [0.4, 0.5) is 10.5 Å². The van der Waals surface area contributed by atoms with Crippen molar-refractivity contribution in [3.63, 3.8) is 0 Å². The van der Waals surface area contributed by atoms with E-state index in [2.05, 4.69) is 5.32 Å². The lowest BCUT2D eigenvalue weighted by atomic mass is 9.94. The number of nitro groups is 1. The summed E-state index contributed by atoms with van der Waals surface area (Å²) in [5.74, 6) is 0.189. The highest BCUT2D eigenvalue weighted by molar-refractivity contribution is 5.68. The molecule has 0 aliphatic carbocycles. The summed E-state index contributed by atoms with van der Waals surface area (Å²) in [5, 5.41) is 24.0. The van der Waals surface area contributed by atoms with E-state index in [4.69, 9.17) is 9.47 Å². The monoisotopic (exact) mass is 430 g/mol. The average molecular weight is 431 g/mol. The van der Waals surface area contributed by atoms with E-state index >= 15 is 0 Å². The second kappa shape index (κ2) is 10.3. The zero-order chi connectivity index (χ0) is 23.1. The van der Waals surface area contributed by atoms with Crippen molar-refractivity contribution in [1.29, 1.82) is 0 Å². The molecule has 1 atom stereocenters. The van der Waals surface area contributed by atoms with Crippen molar-refractivity contribution in [2.45, 2.75) is 58.3 Å². The first-order chi connectivity index (χ1) is 14.5. The number of benzene rings is 2. The number of aryl methyl sites for hydroxylation is 1. The van der Waals surface area contributed by atoms with Gasteiger partial charge < -0.3 is 19.9 Å². The van der Waals surface area contributed by atoms with Crippen LogP contribution in [0.3, 0.4) is 0 Å². The summed E-state index contributed by atoms with van der Waals surface area (Å²) in [7, 11) is 0. The standard InChI is InChI=1S/C23H30N2O6/c1-22(2,3)31-21(27)24-23(4,16-26)13-12-17-10-11-20(19(14-17)25(28)29)30-15-18-8-6-5-7-9-18/h5-11,14,26H,12-13,15-16H2,1-4H3,(H,24,27). The van der Waals surface area contributed by atoms with Gasteiger partial charge in [0.1, 0.15) is 12.2 Å². The summed E-state index contributed by atoms with van der Waals surface area (Å²) < 4.78 is 10.9. The minimum absolute atomic E-state index is 0.126. The molecule has 31 heavy (non-hydrogen) atoms. The maximum atomic E-state index is 12.1. The summed E-state index contributed by atoms with van der Waals surface area (Å²) in [5.41, 5.74) is -0.104. The van der Waals surface area contributed by atoms with Gasteiger partial charge in [0.15, 0.2) is 5.75 Å². The predicted octanol–water partition coefficient (Wildman–Crippen LogP) is 4.38. The number of nitrogens with zero attached hydrogens (tertiary/aromatic N) is 1. The largest absolute Gasteiger partial charge is 0.482 e. The van der Waals surface area contributed by atoms with E-state index in [0.29, 0.717) is 18.4 Å². The fraction of sp³-hybridized carbons (Fsp3) is 0.435. The molecule has 2 aromatic carbocycles. The fourth-order valence-electron chi connectivity index (χ4n) is 2.87. The van der Waals surface area contributed by atoms with E-state index in [1.54, 1.807) is 39.8 Å². The first-order valence-corrected chi connectivity index (χ1v) is 10.1. The van der Waals surface area contributed by atoms with Gasteiger partial charge in [0, 0.05) is 6.07 Å². The molecule has 0 radical (unpaired) electrons. The van der Waals surface area contributed by atoms with Crippen molar-refractivity contribution < 1.29 is 24.3 Å². The second-order valence-corrected chi connectivity index (χ2v) is 8.68. The maximum Gasteiger partial charge on any atom is 0.408 e. The Bertz CT molecular complexity index is 895. The fourth-order valence-corrected chi connectivity index (χ4v) is 2.87. The van der Waals surface area contributed by atoms with Crippen LogP contribution in [0.15, 0.2) is 48.5 Å². The van der Waals surface area contributed by atoms with Crippen molar-refractivity contribution in [1.82, 2.24) is 5.32 Å². The predicted molar refractivity (Wildman–Crippen MR) is 117 cm³/mol. The normalized spacial score (nSPS) is 13.2. The van der Waals surface area contributed by atoms with Gasteiger partial charge in [-0.1, -0.05) is 36.4 Å². The van der Waals surface area contributed by atoms with E-state index in [0.717, 1.165) is 5.56 Å². The number of amides is 1. The third-order valence-corrected chi connectivity index (χ3v) is 4.57. The number of aliphatic hydroxyl groups is 1. The van der Waals surface area contributed by atoms with Gasteiger partial charge in [-0.3, -0.25) is 10.1 Å². The first kappa shape index (κ1) is 24.1. The minimum atomic E-state index is -0.931. The Balaban J connectivity index is 2.06. The summed E-state index contributed by atoms with van der Waals surface area (Å²) in [6.45, 7) is 6.88. The average Bonchev–Trinajstić information content (AvgIpc) is 2.70. The minimum Gasteiger partial charge on any atom is -0.482 e. The Hall–Kier alpha value is -3.13. The summed E-state index contributed by atoms with van der Waals surface area (Å²) in [6, 6.07) is 14.2. The van der Waals surface area contributed by atoms with Crippen LogP contribution in [0.5, 0.6) is 5.75 Å². The Morgan fingerprint density at radius 2 is 1.77 bits per heavy atom. The SMILES string of the molecule is CC(CO)(CCc1ccc(OCc2ccccc2)c([N+](=O)[O-])c1)NC(=O)OC(C)(C)C. The molecule has 0 spiro atoms. The Labute approximate surface area is 182 Å². The molecule has 8 nitrogen and oxygen atoms in total. The number of aliphatic hydroxyl groups excluding tert-OH is 1. The maximum absolute atomic E-state index is 12.1. The lowest BCUT2D eigenvalue weighted by molar-refractivity contribution is -0.386. The lowest BCUT2D eigenvalue weighted by Crippen LogP contribution is -2.50. The number of rotatable bonds is 9. The molecule has 0 saturated heterocycles. The van der Waals surface area contributed by atoms with E-state index in [1.807, 2.05) is 30.3 Å². The molecule has 8 heteroatoms. The highest BCUT2D eigenvalue weighted by Gasteiger charge is 2.28. The highest BCUT2D eigenvalue weighted by Crippen LogP contribution is 2.30. The zero-order valence-corrected chi connectivity index (χ0v) is 18.4. The van der Waals surface area contributed by atoms with E-state index in [-0.39, 0.29) is 24.7 Å². The Morgan fingerprint density at radius 3 is 2.35 bits per heavy atom. The molecule has 0 aromatic heterocycles. The summed E-state index contributed by atoms with van der Waals surface area (Å²) in [4.78, 5) is 23.1. The van der Waals surface area contributed by atoms with E-state index in [1.165, 1.54) is 6.07 Å². The van der Waals surface area contributed by atoms with Gasteiger partial charge in [-0.2, -0.15) is 0 Å². The Morgan fingerprint density at radius 1 is 1.10 bits per heavy atom. The number of hydrogen-bond acceptors (Lipinski definition) is 6. The van der Waals surface area contributed by atoms with Crippen LogP contribution in [-0.2, 0) is 17.8 Å². The van der Waals surface area contributed by atoms with Crippen molar-refractivity contribution in [2.24, 2.45) is 0 Å². The van der Waals surface area contributed by atoms with Crippen molar-refractivity contribution in [2.75, 3.05) is 6.61 Å².